The van der Waals surface area contributed by atoms with Crippen molar-refractivity contribution >= 4 is 32.6 Å². The first-order valence-corrected chi connectivity index (χ1v) is 15.9. The highest BCUT2D eigenvalue weighted by atomic mass is 32.2. The monoisotopic (exact) mass is 584 g/mol. The minimum absolute atomic E-state index is 0.0235. The second kappa shape index (κ2) is 12.4. The molecule has 5 rings (SSSR count). The Morgan fingerprint density at radius 3 is 2.29 bits per heavy atom. The third-order valence-electron chi connectivity index (χ3n) is 7.89. The molecule has 7 nitrogen and oxygen atoms in total. The van der Waals surface area contributed by atoms with E-state index >= 15 is 0 Å². The molecule has 2 heterocycles. The number of benzene rings is 3. The topological polar surface area (TPSA) is 96.8 Å². The standard InChI is InChI=1S/C34H36N2O5S/c1-3-21-34(22-20-25-13-7-5-8-14-25)24-29(37)31(33(38)41-34)28(4-2)36(27-17-9-6-10-18-27)42(39,40)30-19-11-15-26-16-12-23-35-32(26)30/h5-19,23,28,37H,3-4,20-22,24H2,1-2H3. The van der Waals surface area contributed by atoms with E-state index in [2.05, 4.69) is 4.98 Å². The van der Waals surface area contributed by atoms with Crippen LogP contribution in [0.2, 0.25) is 0 Å². The van der Waals surface area contributed by atoms with E-state index in [9.17, 15) is 18.3 Å². The van der Waals surface area contributed by atoms with Gasteiger partial charge < -0.3 is 9.84 Å². The minimum Gasteiger partial charge on any atom is -0.512 e. The Morgan fingerprint density at radius 1 is 0.929 bits per heavy atom. The Kier molecular flexibility index (Phi) is 8.64. The lowest BCUT2D eigenvalue weighted by molar-refractivity contribution is -0.161. The molecule has 8 heteroatoms. The van der Waals surface area contributed by atoms with E-state index in [1.807, 2.05) is 37.3 Å². The molecule has 0 saturated heterocycles. The first kappa shape index (κ1) is 29.3. The maximum Gasteiger partial charge on any atom is 0.340 e. The number of aromatic nitrogens is 1. The molecule has 0 fully saturated rings. The van der Waals surface area contributed by atoms with Gasteiger partial charge in [0.25, 0.3) is 10.0 Å². The van der Waals surface area contributed by atoms with Crippen LogP contribution in [0.5, 0.6) is 0 Å². The van der Waals surface area contributed by atoms with Gasteiger partial charge >= 0.3 is 5.97 Å². The second-order valence-electron chi connectivity index (χ2n) is 10.7. The second-order valence-corrected chi connectivity index (χ2v) is 12.5. The SMILES string of the molecule is CCCC1(CCc2ccccc2)CC(O)=C(C(CC)N(c2ccccc2)S(=O)(=O)c2cccc3cccnc23)C(=O)O1. The average Bonchev–Trinajstić information content (AvgIpc) is 3.00. The predicted molar refractivity (Wildman–Crippen MR) is 165 cm³/mol. The minimum atomic E-state index is -4.26. The molecule has 1 N–H and O–H groups in total. The predicted octanol–water partition coefficient (Wildman–Crippen LogP) is 7.14. The van der Waals surface area contributed by atoms with Gasteiger partial charge in [-0.1, -0.05) is 87.0 Å². The summed E-state index contributed by atoms with van der Waals surface area (Å²) in [4.78, 5) is 18.2. The molecule has 2 unspecified atom stereocenters. The molecule has 0 spiro atoms. The normalized spacial score (nSPS) is 18.1. The Balaban J connectivity index is 1.58. The number of rotatable bonds is 11. The maximum absolute atomic E-state index is 14.5. The van der Waals surface area contributed by atoms with E-state index in [-0.39, 0.29) is 29.1 Å². The summed E-state index contributed by atoms with van der Waals surface area (Å²) in [7, 11) is -4.26. The number of sulfonamides is 1. The Hall–Kier alpha value is -4.17. The van der Waals surface area contributed by atoms with Crippen molar-refractivity contribution in [3.05, 3.63) is 114 Å². The van der Waals surface area contributed by atoms with Crippen molar-refractivity contribution in [2.45, 2.75) is 68.9 Å². The number of aliphatic hydroxyl groups excluding tert-OH is 1. The molecule has 4 aromatic rings. The Morgan fingerprint density at radius 2 is 1.62 bits per heavy atom. The lowest BCUT2D eigenvalue weighted by Gasteiger charge is -2.41. The lowest BCUT2D eigenvalue weighted by atomic mass is 9.82. The van der Waals surface area contributed by atoms with Crippen molar-refractivity contribution in [1.29, 1.82) is 0 Å². The van der Waals surface area contributed by atoms with Crippen LogP contribution in [0.25, 0.3) is 10.9 Å². The van der Waals surface area contributed by atoms with Gasteiger partial charge in [-0.25, -0.2) is 13.2 Å². The summed E-state index contributed by atoms with van der Waals surface area (Å²) in [5, 5.41) is 12.2. The molecule has 1 aliphatic rings. The summed E-state index contributed by atoms with van der Waals surface area (Å²) in [6.45, 7) is 3.82. The van der Waals surface area contributed by atoms with Gasteiger partial charge in [0, 0.05) is 18.0 Å². The van der Waals surface area contributed by atoms with Crippen LogP contribution < -0.4 is 4.31 Å². The summed E-state index contributed by atoms with van der Waals surface area (Å²) in [6.07, 6.45) is 4.50. The van der Waals surface area contributed by atoms with Crippen molar-refractivity contribution in [3.63, 3.8) is 0 Å². The highest BCUT2D eigenvalue weighted by Crippen LogP contribution is 2.41. The fourth-order valence-electron chi connectivity index (χ4n) is 5.95. The zero-order chi connectivity index (χ0) is 29.7. The molecule has 0 saturated carbocycles. The first-order valence-electron chi connectivity index (χ1n) is 14.4. The quantitative estimate of drug-likeness (QED) is 0.188. The molecular formula is C34H36N2O5S. The molecule has 2 atom stereocenters. The number of para-hydroxylation sites is 2. The van der Waals surface area contributed by atoms with Gasteiger partial charge in [0.2, 0.25) is 0 Å². The molecule has 1 aliphatic heterocycles. The smallest absolute Gasteiger partial charge is 0.340 e. The summed E-state index contributed by atoms with van der Waals surface area (Å²) < 4.78 is 36.5. The van der Waals surface area contributed by atoms with Crippen LogP contribution in [0, 0.1) is 0 Å². The van der Waals surface area contributed by atoms with Crippen molar-refractivity contribution in [1.82, 2.24) is 4.98 Å². The van der Waals surface area contributed by atoms with E-state index in [1.54, 1.807) is 67.7 Å². The zero-order valence-electron chi connectivity index (χ0n) is 23.9. The van der Waals surface area contributed by atoms with Crippen molar-refractivity contribution in [2.75, 3.05) is 4.31 Å². The summed E-state index contributed by atoms with van der Waals surface area (Å²) in [5.74, 6) is -0.800. The van der Waals surface area contributed by atoms with E-state index in [1.165, 1.54) is 10.4 Å². The summed E-state index contributed by atoms with van der Waals surface area (Å²) in [5.41, 5.74) is 0.936. The van der Waals surface area contributed by atoms with E-state index in [0.29, 0.717) is 35.9 Å². The van der Waals surface area contributed by atoms with Crippen LogP contribution in [0.4, 0.5) is 5.69 Å². The number of ether oxygens (including phenoxy) is 1. The molecule has 0 amide bonds. The van der Waals surface area contributed by atoms with Gasteiger partial charge in [-0.05, 0) is 55.5 Å². The van der Waals surface area contributed by atoms with E-state index in [0.717, 1.165) is 12.0 Å². The number of cyclic esters (lactones) is 1. The zero-order valence-corrected chi connectivity index (χ0v) is 24.8. The Bertz CT molecular complexity index is 1680. The molecule has 218 valence electrons. The number of nitrogens with zero attached hydrogens (tertiary/aromatic N) is 2. The fourth-order valence-corrected chi connectivity index (χ4v) is 7.82. The number of aliphatic hydroxyl groups is 1. The van der Waals surface area contributed by atoms with Gasteiger partial charge in [0.15, 0.2) is 0 Å². The van der Waals surface area contributed by atoms with Gasteiger partial charge in [-0.3, -0.25) is 9.29 Å². The number of hydrogen-bond acceptors (Lipinski definition) is 6. The van der Waals surface area contributed by atoms with Gasteiger partial charge in [0.1, 0.15) is 16.3 Å². The van der Waals surface area contributed by atoms with Gasteiger partial charge in [-0.15, -0.1) is 0 Å². The summed E-state index contributed by atoms with van der Waals surface area (Å²) in [6, 6.07) is 26.2. The van der Waals surface area contributed by atoms with Crippen molar-refractivity contribution in [2.24, 2.45) is 0 Å². The number of hydrogen-bond donors (Lipinski definition) is 1. The highest BCUT2D eigenvalue weighted by molar-refractivity contribution is 7.93. The molecular weight excluding hydrogens is 548 g/mol. The number of aryl methyl sites for hydroxylation is 1. The van der Waals surface area contributed by atoms with Crippen LogP contribution in [0.1, 0.15) is 51.5 Å². The maximum atomic E-state index is 14.5. The fraction of sp³-hybridized carbons (Fsp3) is 0.294. The van der Waals surface area contributed by atoms with E-state index in [4.69, 9.17) is 4.74 Å². The van der Waals surface area contributed by atoms with Crippen molar-refractivity contribution < 1.29 is 23.1 Å². The summed E-state index contributed by atoms with van der Waals surface area (Å²) >= 11 is 0. The molecule has 42 heavy (non-hydrogen) atoms. The van der Waals surface area contributed by atoms with E-state index < -0.39 is 27.6 Å². The van der Waals surface area contributed by atoms with Crippen LogP contribution in [-0.2, 0) is 26.0 Å². The number of carbonyl (C=O) groups is 1. The van der Waals surface area contributed by atoms with Gasteiger partial charge in [0.05, 0.1) is 22.8 Å². The van der Waals surface area contributed by atoms with Crippen molar-refractivity contribution in [3.8, 4) is 0 Å². The lowest BCUT2D eigenvalue weighted by Crippen LogP contribution is -2.48. The van der Waals surface area contributed by atoms with Crippen LogP contribution >= 0.6 is 0 Å². The van der Waals surface area contributed by atoms with Gasteiger partial charge in [-0.2, -0.15) is 0 Å². The molecule has 0 aliphatic carbocycles. The van der Waals surface area contributed by atoms with Crippen LogP contribution in [-0.4, -0.2) is 36.1 Å². The number of carbonyl (C=O) groups excluding carboxylic acids is 1. The highest BCUT2D eigenvalue weighted by Gasteiger charge is 2.46. The number of anilines is 1. The number of esters is 1. The van der Waals surface area contributed by atoms with Crippen LogP contribution in [0.3, 0.4) is 0 Å². The third-order valence-corrected chi connectivity index (χ3v) is 9.76. The molecule has 1 aromatic heterocycles. The Labute approximate surface area is 247 Å². The molecule has 0 bridgehead atoms. The van der Waals surface area contributed by atoms with Crippen LogP contribution in [0.15, 0.2) is 113 Å². The average molecular weight is 585 g/mol. The number of pyridine rings is 1. The largest absolute Gasteiger partial charge is 0.512 e. The first-order chi connectivity index (χ1) is 20.3. The molecule has 0 radical (unpaired) electrons. The number of fused-ring (bicyclic) bond motifs is 1. The third kappa shape index (κ3) is 5.77. The molecule has 3 aromatic carbocycles.